The van der Waals surface area contributed by atoms with Gasteiger partial charge in [0.25, 0.3) is 0 Å². The molecule has 0 radical (unpaired) electrons. The highest BCUT2D eigenvalue weighted by Gasteiger charge is 2.13. The normalized spacial score (nSPS) is 10.6. The number of hydrogen-bond donors (Lipinski definition) is 1. The van der Waals surface area contributed by atoms with Gasteiger partial charge in [0.2, 0.25) is 0 Å². The van der Waals surface area contributed by atoms with Crippen LogP contribution in [0.4, 0.5) is 8.78 Å². The number of benzene rings is 1. The molecule has 0 aromatic heterocycles. The number of halogens is 3. The van der Waals surface area contributed by atoms with Crippen molar-refractivity contribution in [3.05, 3.63) is 28.8 Å². The first-order valence-corrected chi connectivity index (χ1v) is 5.32. The summed E-state index contributed by atoms with van der Waals surface area (Å²) in [6, 6.07) is 2.86. The van der Waals surface area contributed by atoms with Gasteiger partial charge in [-0.1, -0.05) is 6.07 Å². The molecule has 1 aromatic rings. The lowest BCUT2D eigenvalue weighted by molar-refractivity contribution is -0.136. The van der Waals surface area contributed by atoms with Gasteiger partial charge in [-0.15, -0.1) is 11.6 Å². The Morgan fingerprint density at radius 1 is 1.47 bits per heavy atom. The number of carboxylic acids is 1. The number of hydrogen-bond acceptors (Lipinski definition) is 2. The van der Waals surface area contributed by atoms with Gasteiger partial charge < -0.3 is 9.84 Å². The Kier molecular flexibility index (Phi) is 4.69. The van der Waals surface area contributed by atoms with Crippen LogP contribution >= 0.6 is 11.6 Å². The monoisotopic (exact) mass is 264 g/mol. The summed E-state index contributed by atoms with van der Waals surface area (Å²) in [5, 5.41) is 8.69. The minimum atomic E-state index is -2.93. The SMILES string of the molecule is Cc1cc(OC(F)F)c(CCl)cc1CC(=O)O. The third-order valence-corrected chi connectivity index (χ3v) is 2.51. The number of aliphatic carboxylic acids is 1. The third kappa shape index (κ3) is 3.85. The number of rotatable bonds is 5. The van der Waals surface area contributed by atoms with Crippen molar-refractivity contribution in [2.24, 2.45) is 0 Å². The first kappa shape index (κ1) is 13.7. The Morgan fingerprint density at radius 2 is 2.12 bits per heavy atom. The molecule has 3 nitrogen and oxygen atoms in total. The summed E-state index contributed by atoms with van der Waals surface area (Å²) in [5.41, 5.74) is 1.47. The van der Waals surface area contributed by atoms with E-state index < -0.39 is 12.6 Å². The van der Waals surface area contributed by atoms with Crippen LogP contribution in [0.2, 0.25) is 0 Å². The summed E-state index contributed by atoms with van der Waals surface area (Å²) >= 11 is 5.60. The third-order valence-electron chi connectivity index (χ3n) is 2.22. The predicted molar refractivity (Wildman–Crippen MR) is 58.7 cm³/mol. The molecule has 0 saturated carbocycles. The van der Waals surface area contributed by atoms with Crippen molar-refractivity contribution in [3.63, 3.8) is 0 Å². The van der Waals surface area contributed by atoms with E-state index >= 15 is 0 Å². The zero-order valence-corrected chi connectivity index (χ0v) is 9.80. The minimum Gasteiger partial charge on any atom is -0.481 e. The van der Waals surface area contributed by atoms with E-state index in [0.717, 1.165) is 0 Å². The van der Waals surface area contributed by atoms with Crippen LogP contribution in [-0.4, -0.2) is 17.7 Å². The summed E-state index contributed by atoms with van der Waals surface area (Å²) in [5.74, 6) is -1.02. The maximum atomic E-state index is 12.1. The minimum absolute atomic E-state index is 0.0124. The van der Waals surface area contributed by atoms with Crippen molar-refractivity contribution in [3.8, 4) is 5.75 Å². The summed E-state index contributed by atoms with van der Waals surface area (Å²) in [4.78, 5) is 10.6. The Bertz CT molecular complexity index is 421. The van der Waals surface area contributed by atoms with Crippen LogP contribution in [0, 0.1) is 6.92 Å². The first-order chi connectivity index (χ1) is 7.93. The fourth-order valence-electron chi connectivity index (χ4n) is 1.44. The molecule has 1 aromatic carbocycles. The van der Waals surface area contributed by atoms with Gasteiger partial charge in [0.1, 0.15) is 5.75 Å². The second kappa shape index (κ2) is 5.82. The Labute approximate surface area is 102 Å². The molecule has 0 fully saturated rings. The quantitative estimate of drug-likeness (QED) is 0.832. The number of alkyl halides is 3. The standard InChI is InChI=1S/C11H11ClF2O3/c1-6-2-9(17-11(13)14)8(5-12)3-7(6)4-10(15)16/h2-3,11H,4-5H2,1H3,(H,15,16). The van der Waals surface area contributed by atoms with Gasteiger partial charge in [0.15, 0.2) is 0 Å². The summed E-state index contributed by atoms with van der Waals surface area (Å²) in [6.07, 6.45) is -0.176. The lowest BCUT2D eigenvalue weighted by atomic mass is 10.0. The topological polar surface area (TPSA) is 46.5 Å². The Hall–Kier alpha value is -1.36. The van der Waals surface area contributed by atoms with E-state index in [-0.39, 0.29) is 18.1 Å². The van der Waals surface area contributed by atoms with Crippen LogP contribution in [0.3, 0.4) is 0 Å². The average Bonchev–Trinajstić information content (AvgIpc) is 2.20. The Morgan fingerprint density at radius 3 is 2.59 bits per heavy atom. The molecule has 0 heterocycles. The molecular formula is C11H11ClF2O3. The molecule has 0 aliphatic carbocycles. The van der Waals surface area contributed by atoms with Crippen molar-refractivity contribution in [2.75, 3.05) is 0 Å². The second-order valence-corrected chi connectivity index (χ2v) is 3.74. The van der Waals surface area contributed by atoms with E-state index in [9.17, 15) is 13.6 Å². The molecule has 0 aliphatic rings. The molecular weight excluding hydrogens is 254 g/mol. The number of carboxylic acid groups (broad SMARTS) is 1. The van der Waals surface area contributed by atoms with Crippen molar-refractivity contribution in [1.82, 2.24) is 0 Å². The summed E-state index contributed by atoms with van der Waals surface area (Å²) in [6.45, 7) is -1.30. The maximum absolute atomic E-state index is 12.1. The van der Waals surface area contributed by atoms with Crippen LogP contribution in [0.15, 0.2) is 12.1 Å². The molecule has 1 N–H and O–H groups in total. The van der Waals surface area contributed by atoms with E-state index in [2.05, 4.69) is 4.74 Å². The molecule has 6 heteroatoms. The average molecular weight is 265 g/mol. The van der Waals surface area contributed by atoms with Gasteiger partial charge in [-0.25, -0.2) is 0 Å². The van der Waals surface area contributed by atoms with Gasteiger partial charge in [-0.05, 0) is 24.1 Å². The lowest BCUT2D eigenvalue weighted by Crippen LogP contribution is -2.07. The van der Waals surface area contributed by atoms with Gasteiger partial charge in [0.05, 0.1) is 12.3 Å². The molecule has 0 saturated heterocycles. The van der Waals surface area contributed by atoms with Crippen LogP contribution in [0.1, 0.15) is 16.7 Å². The second-order valence-electron chi connectivity index (χ2n) is 3.47. The zero-order valence-electron chi connectivity index (χ0n) is 9.04. The van der Waals surface area contributed by atoms with E-state index in [0.29, 0.717) is 16.7 Å². The van der Waals surface area contributed by atoms with Gasteiger partial charge in [-0.3, -0.25) is 4.79 Å². The van der Waals surface area contributed by atoms with Crippen molar-refractivity contribution in [2.45, 2.75) is 25.8 Å². The predicted octanol–water partition coefficient (Wildman–Crippen LogP) is 2.96. The molecule has 0 atom stereocenters. The number of carbonyl (C=O) groups is 1. The van der Waals surface area contributed by atoms with Gasteiger partial charge in [-0.2, -0.15) is 8.78 Å². The van der Waals surface area contributed by atoms with Crippen LogP contribution in [-0.2, 0) is 17.1 Å². The molecule has 17 heavy (non-hydrogen) atoms. The fraction of sp³-hybridized carbons (Fsp3) is 0.364. The van der Waals surface area contributed by atoms with Crippen LogP contribution in [0.5, 0.6) is 5.75 Å². The van der Waals surface area contributed by atoms with Crippen molar-refractivity contribution < 1.29 is 23.4 Å². The Balaban J connectivity index is 3.10. The zero-order chi connectivity index (χ0) is 13.0. The lowest BCUT2D eigenvalue weighted by Gasteiger charge is -2.12. The van der Waals surface area contributed by atoms with E-state index in [1.165, 1.54) is 12.1 Å². The maximum Gasteiger partial charge on any atom is 0.387 e. The van der Waals surface area contributed by atoms with Gasteiger partial charge >= 0.3 is 12.6 Å². The van der Waals surface area contributed by atoms with Gasteiger partial charge in [0, 0.05) is 5.56 Å². The van der Waals surface area contributed by atoms with Crippen molar-refractivity contribution in [1.29, 1.82) is 0 Å². The fourth-order valence-corrected chi connectivity index (χ4v) is 1.65. The molecule has 0 spiro atoms. The van der Waals surface area contributed by atoms with Crippen molar-refractivity contribution >= 4 is 17.6 Å². The van der Waals surface area contributed by atoms with E-state index in [1.807, 2.05) is 0 Å². The molecule has 0 amide bonds. The largest absolute Gasteiger partial charge is 0.481 e. The first-order valence-electron chi connectivity index (χ1n) is 4.79. The van der Waals surface area contributed by atoms with E-state index in [4.69, 9.17) is 16.7 Å². The summed E-state index contributed by atoms with van der Waals surface area (Å²) < 4.78 is 28.6. The molecule has 0 aliphatic heterocycles. The molecule has 94 valence electrons. The van der Waals surface area contributed by atoms with Crippen LogP contribution < -0.4 is 4.74 Å². The molecule has 0 unspecified atom stereocenters. The highest BCUT2D eigenvalue weighted by molar-refractivity contribution is 6.17. The molecule has 1 rings (SSSR count). The van der Waals surface area contributed by atoms with Crippen LogP contribution in [0.25, 0.3) is 0 Å². The number of aryl methyl sites for hydroxylation is 1. The molecule has 0 bridgehead atoms. The highest BCUT2D eigenvalue weighted by atomic mass is 35.5. The highest BCUT2D eigenvalue weighted by Crippen LogP contribution is 2.27. The number of ether oxygens (including phenoxy) is 1. The summed E-state index contributed by atoms with van der Waals surface area (Å²) in [7, 11) is 0. The smallest absolute Gasteiger partial charge is 0.387 e. The van der Waals surface area contributed by atoms with E-state index in [1.54, 1.807) is 6.92 Å².